The number of fused-ring (bicyclic) bond motifs is 1. The summed E-state index contributed by atoms with van der Waals surface area (Å²) in [5.41, 5.74) is 2.75. The van der Waals surface area contributed by atoms with E-state index in [2.05, 4.69) is 21.9 Å². The zero-order valence-corrected chi connectivity index (χ0v) is 11.1. The Morgan fingerprint density at radius 2 is 2.37 bits per heavy atom. The molecule has 100 valence electrons. The summed E-state index contributed by atoms with van der Waals surface area (Å²) in [5, 5.41) is 0. The number of H-pyrrole nitrogens is 1. The van der Waals surface area contributed by atoms with Crippen molar-refractivity contribution in [3.63, 3.8) is 0 Å². The highest BCUT2D eigenvalue weighted by molar-refractivity contribution is 5.80. The summed E-state index contributed by atoms with van der Waals surface area (Å²) in [6.45, 7) is 3.70. The van der Waals surface area contributed by atoms with E-state index in [-0.39, 0.29) is 5.91 Å². The van der Waals surface area contributed by atoms with Crippen molar-refractivity contribution in [3.05, 3.63) is 24.2 Å². The zero-order chi connectivity index (χ0) is 13.2. The van der Waals surface area contributed by atoms with E-state index in [1.54, 1.807) is 12.5 Å². The van der Waals surface area contributed by atoms with Gasteiger partial charge in [-0.2, -0.15) is 0 Å². The van der Waals surface area contributed by atoms with E-state index in [1.165, 1.54) is 0 Å². The fourth-order valence-electron chi connectivity index (χ4n) is 2.85. The van der Waals surface area contributed by atoms with Crippen molar-refractivity contribution in [1.82, 2.24) is 19.9 Å². The van der Waals surface area contributed by atoms with Crippen molar-refractivity contribution >= 4 is 17.1 Å². The average molecular weight is 258 g/mol. The lowest BCUT2D eigenvalue weighted by atomic mass is 10.0. The molecule has 3 rings (SSSR count). The number of carbonyl (C=O) groups excluding carboxylic acids is 1. The molecule has 1 aliphatic rings. The van der Waals surface area contributed by atoms with Crippen LogP contribution in [-0.2, 0) is 11.3 Å². The lowest BCUT2D eigenvalue weighted by Crippen LogP contribution is -2.24. The Bertz CT molecular complexity index is 592. The molecular weight excluding hydrogens is 240 g/mol. The number of nitrogens with one attached hydrogen (secondary N) is 1. The number of amides is 1. The highest BCUT2D eigenvalue weighted by atomic mass is 16.2. The summed E-state index contributed by atoms with van der Waals surface area (Å²) in [4.78, 5) is 25.4. The van der Waals surface area contributed by atoms with Gasteiger partial charge in [-0.15, -0.1) is 0 Å². The number of pyridine rings is 1. The molecule has 5 heteroatoms. The zero-order valence-electron chi connectivity index (χ0n) is 11.1. The minimum atomic E-state index is 0.267. The van der Waals surface area contributed by atoms with Crippen LogP contribution in [0.3, 0.4) is 0 Å². The van der Waals surface area contributed by atoms with Crippen LogP contribution in [0.25, 0.3) is 11.2 Å². The third-order valence-electron chi connectivity index (χ3n) is 3.77. The fourth-order valence-corrected chi connectivity index (χ4v) is 2.85. The standard InChI is InChI=1S/C14H18N4O/c1-2-3-10-6-12(19)18(7-10)8-11-4-5-15-14-13(11)16-9-17-14/h4-5,9-10H,2-3,6-8H2,1H3,(H,15,16,17)/t10-/m0/s1. The molecule has 3 heterocycles. The van der Waals surface area contributed by atoms with Gasteiger partial charge in [0.2, 0.25) is 5.91 Å². The van der Waals surface area contributed by atoms with Gasteiger partial charge in [-0.05, 0) is 18.4 Å². The smallest absolute Gasteiger partial charge is 0.223 e. The SMILES string of the molecule is CCC[C@H]1CC(=O)N(Cc2ccnc3nc[nH]c23)C1. The number of aromatic nitrogens is 3. The Balaban J connectivity index is 1.78. The molecule has 0 spiro atoms. The fraction of sp³-hybridized carbons (Fsp3) is 0.500. The maximum atomic E-state index is 12.0. The monoisotopic (exact) mass is 258 g/mol. The van der Waals surface area contributed by atoms with Gasteiger partial charge in [-0.25, -0.2) is 9.97 Å². The topological polar surface area (TPSA) is 61.9 Å². The van der Waals surface area contributed by atoms with Crippen LogP contribution in [0.15, 0.2) is 18.6 Å². The predicted molar refractivity (Wildman–Crippen MR) is 72.3 cm³/mol. The molecule has 0 bridgehead atoms. The number of nitrogens with zero attached hydrogens (tertiary/aromatic N) is 3. The number of rotatable bonds is 4. The lowest BCUT2D eigenvalue weighted by Gasteiger charge is -2.16. The minimum absolute atomic E-state index is 0.267. The van der Waals surface area contributed by atoms with E-state index in [0.29, 0.717) is 24.5 Å². The minimum Gasteiger partial charge on any atom is -0.343 e. The van der Waals surface area contributed by atoms with Crippen LogP contribution in [0.4, 0.5) is 0 Å². The molecule has 0 saturated carbocycles. The first-order valence-corrected chi connectivity index (χ1v) is 6.82. The molecule has 1 N–H and O–H groups in total. The van der Waals surface area contributed by atoms with Crippen molar-refractivity contribution in [2.24, 2.45) is 5.92 Å². The van der Waals surface area contributed by atoms with Crippen molar-refractivity contribution in [1.29, 1.82) is 0 Å². The molecule has 1 aliphatic heterocycles. The summed E-state index contributed by atoms with van der Waals surface area (Å²) in [6, 6.07) is 1.96. The Kier molecular flexibility index (Phi) is 3.19. The Morgan fingerprint density at radius 3 is 3.21 bits per heavy atom. The number of carbonyl (C=O) groups is 1. The summed E-state index contributed by atoms with van der Waals surface area (Å²) >= 11 is 0. The molecule has 0 aromatic carbocycles. The first-order valence-electron chi connectivity index (χ1n) is 6.82. The molecule has 19 heavy (non-hydrogen) atoms. The van der Waals surface area contributed by atoms with E-state index >= 15 is 0 Å². The van der Waals surface area contributed by atoms with Gasteiger partial charge in [0.1, 0.15) is 0 Å². The first-order chi connectivity index (χ1) is 9.28. The molecule has 1 fully saturated rings. The molecule has 0 unspecified atom stereocenters. The van der Waals surface area contributed by atoms with Crippen molar-refractivity contribution in [2.75, 3.05) is 6.54 Å². The van der Waals surface area contributed by atoms with Crippen LogP contribution < -0.4 is 0 Å². The van der Waals surface area contributed by atoms with E-state index in [4.69, 9.17) is 0 Å². The maximum Gasteiger partial charge on any atom is 0.223 e. The quantitative estimate of drug-likeness (QED) is 0.913. The van der Waals surface area contributed by atoms with Gasteiger partial charge in [0.25, 0.3) is 0 Å². The van der Waals surface area contributed by atoms with E-state index < -0.39 is 0 Å². The number of imidazole rings is 1. The van der Waals surface area contributed by atoms with Gasteiger partial charge in [0, 0.05) is 31.3 Å². The number of aromatic amines is 1. The normalized spacial score (nSPS) is 19.5. The van der Waals surface area contributed by atoms with Crippen LogP contribution in [0, 0.1) is 5.92 Å². The molecule has 0 aliphatic carbocycles. The van der Waals surface area contributed by atoms with Crippen LogP contribution in [-0.4, -0.2) is 32.3 Å². The van der Waals surface area contributed by atoms with Gasteiger partial charge >= 0.3 is 0 Å². The third-order valence-corrected chi connectivity index (χ3v) is 3.77. The Hall–Kier alpha value is -1.91. The van der Waals surface area contributed by atoms with Crippen molar-refractivity contribution in [3.8, 4) is 0 Å². The van der Waals surface area contributed by atoms with E-state index in [1.807, 2.05) is 11.0 Å². The maximum absolute atomic E-state index is 12.0. The Labute approximate surface area is 112 Å². The van der Waals surface area contributed by atoms with Crippen LogP contribution in [0.5, 0.6) is 0 Å². The van der Waals surface area contributed by atoms with Gasteiger partial charge < -0.3 is 9.88 Å². The average Bonchev–Trinajstić information content (AvgIpc) is 2.98. The van der Waals surface area contributed by atoms with Gasteiger partial charge in [0.05, 0.1) is 11.8 Å². The summed E-state index contributed by atoms with van der Waals surface area (Å²) in [5.74, 6) is 0.791. The third kappa shape index (κ3) is 2.32. The second kappa shape index (κ2) is 4.99. The molecule has 1 amide bonds. The number of hydrogen-bond acceptors (Lipinski definition) is 3. The predicted octanol–water partition coefficient (Wildman–Crippen LogP) is 2.11. The summed E-state index contributed by atoms with van der Waals surface area (Å²) in [6.07, 6.45) is 6.38. The summed E-state index contributed by atoms with van der Waals surface area (Å²) in [7, 11) is 0. The number of hydrogen-bond donors (Lipinski definition) is 1. The number of likely N-dealkylation sites (tertiary alicyclic amines) is 1. The molecule has 2 aromatic rings. The molecule has 1 atom stereocenters. The molecule has 0 radical (unpaired) electrons. The molecule has 2 aromatic heterocycles. The second-order valence-electron chi connectivity index (χ2n) is 5.20. The van der Waals surface area contributed by atoms with Crippen molar-refractivity contribution < 1.29 is 4.79 Å². The highest BCUT2D eigenvalue weighted by Crippen LogP contribution is 2.25. The van der Waals surface area contributed by atoms with Gasteiger partial charge in [0.15, 0.2) is 5.65 Å². The molecule has 5 nitrogen and oxygen atoms in total. The van der Waals surface area contributed by atoms with Crippen LogP contribution >= 0.6 is 0 Å². The van der Waals surface area contributed by atoms with Crippen LogP contribution in [0.2, 0.25) is 0 Å². The lowest BCUT2D eigenvalue weighted by molar-refractivity contribution is -0.128. The largest absolute Gasteiger partial charge is 0.343 e. The Morgan fingerprint density at radius 1 is 1.47 bits per heavy atom. The van der Waals surface area contributed by atoms with Gasteiger partial charge in [-0.3, -0.25) is 4.79 Å². The van der Waals surface area contributed by atoms with Crippen molar-refractivity contribution in [2.45, 2.75) is 32.7 Å². The van der Waals surface area contributed by atoms with E-state index in [9.17, 15) is 4.79 Å². The highest BCUT2D eigenvalue weighted by Gasteiger charge is 2.29. The first kappa shape index (κ1) is 12.1. The molecular formula is C14H18N4O. The van der Waals surface area contributed by atoms with Gasteiger partial charge in [-0.1, -0.05) is 13.3 Å². The molecule has 1 saturated heterocycles. The second-order valence-corrected chi connectivity index (χ2v) is 5.20. The van der Waals surface area contributed by atoms with E-state index in [0.717, 1.165) is 30.5 Å². The summed E-state index contributed by atoms with van der Waals surface area (Å²) < 4.78 is 0. The van der Waals surface area contributed by atoms with Crippen LogP contribution in [0.1, 0.15) is 31.7 Å².